The van der Waals surface area contributed by atoms with Crippen molar-refractivity contribution < 1.29 is 13.2 Å². The molecule has 2 aromatic rings. The van der Waals surface area contributed by atoms with Crippen LogP contribution in [0.4, 0.5) is 0 Å². The third-order valence-electron chi connectivity index (χ3n) is 4.95. The Morgan fingerprint density at radius 3 is 2.54 bits per heavy atom. The Kier molecular flexibility index (Phi) is 7.23. The number of hydrogen-bond donors (Lipinski definition) is 1. The van der Waals surface area contributed by atoms with Gasteiger partial charge in [0.05, 0.1) is 4.90 Å². The van der Waals surface area contributed by atoms with Gasteiger partial charge < -0.3 is 9.80 Å². The van der Waals surface area contributed by atoms with Crippen LogP contribution in [0.25, 0.3) is 0 Å². The fourth-order valence-corrected chi connectivity index (χ4v) is 4.98. The predicted octanol–water partition coefficient (Wildman–Crippen LogP) is 2.44. The van der Waals surface area contributed by atoms with E-state index in [1.807, 2.05) is 17.5 Å². The van der Waals surface area contributed by atoms with Crippen LogP contribution in [0.5, 0.6) is 0 Å². The van der Waals surface area contributed by atoms with E-state index in [2.05, 4.69) is 9.62 Å². The molecule has 1 fully saturated rings. The van der Waals surface area contributed by atoms with Gasteiger partial charge in [-0.05, 0) is 68.1 Å². The van der Waals surface area contributed by atoms with E-state index in [0.717, 1.165) is 24.5 Å². The average molecular weight is 422 g/mol. The summed E-state index contributed by atoms with van der Waals surface area (Å²) in [5.41, 5.74) is 0.501. The topological polar surface area (TPSA) is 69.7 Å². The number of carbonyl (C=O) groups is 1. The number of thiophene rings is 1. The number of nitrogens with zero attached hydrogens (tertiary/aromatic N) is 2. The number of carbonyl (C=O) groups excluding carboxylic acids is 1. The minimum Gasteiger partial charge on any atom is -0.340 e. The number of likely N-dealkylation sites (tertiary alicyclic amines) is 1. The molecule has 0 bridgehead atoms. The molecule has 1 aromatic carbocycles. The van der Waals surface area contributed by atoms with Gasteiger partial charge in [-0.15, -0.1) is 11.3 Å². The van der Waals surface area contributed by atoms with Crippen LogP contribution in [-0.2, 0) is 16.4 Å². The first kappa shape index (κ1) is 21.0. The van der Waals surface area contributed by atoms with E-state index >= 15 is 0 Å². The fraction of sp³-hybridized carbons (Fsp3) is 0.450. The quantitative estimate of drug-likeness (QED) is 0.675. The minimum absolute atomic E-state index is 0.0891. The number of rotatable bonds is 9. The molecule has 0 saturated carbocycles. The van der Waals surface area contributed by atoms with E-state index < -0.39 is 10.0 Å². The lowest BCUT2D eigenvalue weighted by molar-refractivity contribution is 0.0782. The molecule has 1 N–H and O–H groups in total. The number of sulfonamides is 1. The van der Waals surface area contributed by atoms with E-state index in [9.17, 15) is 13.2 Å². The van der Waals surface area contributed by atoms with E-state index in [4.69, 9.17) is 0 Å². The lowest BCUT2D eigenvalue weighted by Gasteiger charge is -2.21. The smallest absolute Gasteiger partial charge is 0.253 e. The zero-order valence-corrected chi connectivity index (χ0v) is 17.8. The van der Waals surface area contributed by atoms with Gasteiger partial charge in [0.25, 0.3) is 5.91 Å². The molecule has 1 aliphatic rings. The summed E-state index contributed by atoms with van der Waals surface area (Å²) in [5.74, 6) is -0.0891. The largest absolute Gasteiger partial charge is 0.340 e. The van der Waals surface area contributed by atoms with Crippen LogP contribution >= 0.6 is 11.3 Å². The van der Waals surface area contributed by atoms with Gasteiger partial charge in [-0.1, -0.05) is 6.07 Å². The second kappa shape index (κ2) is 9.65. The molecule has 0 aliphatic carbocycles. The lowest BCUT2D eigenvalue weighted by Crippen LogP contribution is -2.35. The normalized spacial score (nSPS) is 15.0. The maximum atomic E-state index is 12.6. The van der Waals surface area contributed by atoms with Gasteiger partial charge >= 0.3 is 0 Å². The summed E-state index contributed by atoms with van der Waals surface area (Å²) in [7, 11) is -1.79. The molecular formula is C20H27N3O3S2. The summed E-state index contributed by atoms with van der Waals surface area (Å²) in [4.78, 5) is 17.9. The maximum Gasteiger partial charge on any atom is 0.253 e. The monoisotopic (exact) mass is 421 g/mol. The van der Waals surface area contributed by atoms with Gasteiger partial charge in [0, 0.05) is 37.1 Å². The summed E-state index contributed by atoms with van der Waals surface area (Å²) in [6.07, 6.45) is 3.12. The predicted molar refractivity (Wildman–Crippen MR) is 112 cm³/mol. The van der Waals surface area contributed by atoms with Crippen LogP contribution in [0.1, 0.15) is 28.1 Å². The molecule has 1 amide bonds. The highest BCUT2D eigenvalue weighted by atomic mass is 32.2. The zero-order valence-electron chi connectivity index (χ0n) is 16.1. The Labute approximate surface area is 171 Å². The Morgan fingerprint density at radius 1 is 1.18 bits per heavy atom. The second-order valence-electron chi connectivity index (χ2n) is 7.03. The summed E-state index contributed by atoms with van der Waals surface area (Å²) >= 11 is 1.61. The van der Waals surface area contributed by atoms with Gasteiger partial charge in [-0.2, -0.15) is 0 Å². The van der Waals surface area contributed by atoms with E-state index in [1.165, 1.54) is 25.0 Å². The molecular weight excluding hydrogens is 394 g/mol. The molecule has 3 rings (SSSR count). The number of likely N-dealkylation sites (N-methyl/N-ethyl adjacent to an activating group) is 1. The summed E-state index contributed by atoms with van der Waals surface area (Å²) in [6.45, 7) is 4.11. The summed E-state index contributed by atoms with van der Waals surface area (Å²) in [6, 6.07) is 10.1. The van der Waals surface area contributed by atoms with Gasteiger partial charge in [0.2, 0.25) is 10.0 Å². The first-order chi connectivity index (χ1) is 13.5. The molecule has 152 valence electrons. The van der Waals surface area contributed by atoms with E-state index in [1.54, 1.807) is 35.4 Å². The molecule has 0 unspecified atom stereocenters. The second-order valence-corrected chi connectivity index (χ2v) is 9.83. The Bertz CT molecular complexity index is 859. The van der Waals surface area contributed by atoms with Gasteiger partial charge in [-0.3, -0.25) is 4.79 Å². The first-order valence-electron chi connectivity index (χ1n) is 9.56. The number of benzene rings is 1. The standard InChI is InChI=1S/C20H27N3O3S2/c1-22(14-15-23-12-2-3-13-23)20(24)17-6-8-19(9-7-17)28(25,26)21-11-10-18-5-4-16-27-18/h4-9,16,21H,2-3,10-15H2,1H3. The average Bonchev–Trinajstić information content (AvgIpc) is 3.39. The van der Waals surface area contributed by atoms with Crippen LogP contribution in [-0.4, -0.2) is 63.9 Å². The molecule has 6 nitrogen and oxygen atoms in total. The van der Waals surface area contributed by atoms with Crippen LogP contribution in [0, 0.1) is 0 Å². The third-order valence-corrected chi connectivity index (χ3v) is 7.37. The molecule has 2 heterocycles. The third kappa shape index (κ3) is 5.64. The maximum absolute atomic E-state index is 12.6. The van der Waals surface area contributed by atoms with Crippen molar-refractivity contribution in [3.8, 4) is 0 Å². The molecule has 1 aromatic heterocycles. The Morgan fingerprint density at radius 2 is 1.89 bits per heavy atom. The van der Waals surface area contributed by atoms with E-state index in [-0.39, 0.29) is 10.8 Å². The van der Waals surface area contributed by atoms with Crippen LogP contribution in [0.3, 0.4) is 0 Å². The van der Waals surface area contributed by atoms with Gasteiger partial charge in [-0.25, -0.2) is 13.1 Å². The highest BCUT2D eigenvalue weighted by Crippen LogP contribution is 2.14. The molecule has 0 atom stereocenters. The molecule has 0 radical (unpaired) electrons. The number of nitrogens with one attached hydrogen (secondary N) is 1. The summed E-state index contributed by atoms with van der Waals surface area (Å²) in [5, 5.41) is 1.97. The van der Waals surface area contributed by atoms with Crippen molar-refractivity contribution in [1.29, 1.82) is 0 Å². The van der Waals surface area contributed by atoms with Crippen molar-refractivity contribution in [3.05, 3.63) is 52.2 Å². The van der Waals surface area contributed by atoms with Gasteiger partial charge in [0.1, 0.15) is 0 Å². The zero-order chi connectivity index (χ0) is 20.0. The van der Waals surface area contributed by atoms with Crippen LogP contribution < -0.4 is 4.72 Å². The minimum atomic E-state index is -3.57. The fourth-order valence-electron chi connectivity index (χ4n) is 3.24. The summed E-state index contributed by atoms with van der Waals surface area (Å²) < 4.78 is 27.4. The molecule has 1 aliphatic heterocycles. The SMILES string of the molecule is CN(CCN1CCCC1)C(=O)c1ccc(S(=O)(=O)NCCc2cccs2)cc1. The molecule has 8 heteroatoms. The Hall–Kier alpha value is -1.74. The molecule has 1 saturated heterocycles. The van der Waals surface area contributed by atoms with Crippen LogP contribution in [0.2, 0.25) is 0 Å². The molecule has 28 heavy (non-hydrogen) atoms. The highest BCUT2D eigenvalue weighted by molar-refractivity contribution is 7.89. The Balaban J connectivity index is 1.53. The number of hydrogen-bond acceptors (Lipinski definition) is 5. The van der Waals surface area contributed by atoms with E-state index in [0.29, 0.717) is 25.1 Å². The van der Waals surface area contributed by atoms with Crippen molar-refractivity contribution in [2.75, 3.05) is 39.8 Å². The van der Waals surface area contributed by atoms with Crippen molar-refractivity contribution >= 4 is 27.3 Å². The van der Waals surface area contributed by atoms with Crippen molar-refractivity contribution in [1.82, 2.24) is 14.5 Å². The first-order valence-corrected chi connectivity index (χ1v) is 11.9. The van der Waals surface area contributed by atoms with Gasteiger partial charge in [0.15, 0.2) is 0 Å². The molecule has 0 spiro atoms. The van der Waals surface area contributed by atoms with Crippen molar-refractivity contribution in [3.63, 3.8) is 0 Å². The van der Waals surface area contributed by atoms with Crippen molar-refractivity contribution in [2.45, 2.75) is 24.2 Å². The lowest BCUT2D eigenvalue weighted by atomic mass is 10.2. The highest BCUT2D eigenvalue weighted by Gasteiger charge is 2.18. The van der Waals surface area contributed by atoms with Crippen molar-refractivity contribution in [2.24, 2.45) is 0 Å². The van der Waals surface area contributed by atoms with Crippen LogP contribution in [0.15, 0.2) is 46.7 Å². The number of amides is 1.